The van der Waals surface area contributed by atoms with Crippen LogP contribution in [0.5, 0.6) is 5.75 Å². The molecule has 0 spiro atoms. The number of rotatable bonds is 9. The van der Waals surface area contributed by atoms with Crippen LogP contribution >= 0.6 is 0 Å². The average Bonchev–Trinajstić information content (AvgIpc) is 3.28. The van der Waals surface area contributed by atoms with Crippen LogP contribution in [0.1, 0.15) is 58.5 Å². The van der Waals surface area contributed by atoms with Gasteiger partial charge in [0.15, 0.2) is 5.78 Å². The van der Waals surface area contributed by atoms with Gasteiger partial charge >= 0.3 is 5.97 Å². The fourth-order valence-corrected chi connectivity index (χ4v) is 3.34. The summed E-state index contributed by atoms with van der Waals surface area (Å²) >= 11 is 0. The van der Waals surface area contributed by atoms with Gasteiger partial charge in [0.05, 0.1) is 11.1 Å². The van der Waals surface area contributed by atoms with Crippen LogP contribution in [0.3, 0.4) is 0 Å². The summed E-state index contributed by atoms with van der Waals surface area (Å²) < 4.78 is 6.89. The average molecular weight is 412 g/mol. The lowest BCUT2D eigenvalue weighted by molar-refractivity contribution is 0.0691. The Morgan fingerprint density at radius 2 is 1.90 bits per heavy atom. The maximum atomic E-state index is 12.8. The molecule has 1 aromatic carbocycles. The minimum atomic E-state index is -1.18. The number of anilines is 1. The first-order valence-corrected chi connectivity index (χ1v) is 9.70. The molecule has 0 aliphatic rings. The molecule has 3 rings (SSSR count). The number of nitrogens with two attached hydrogens (primary N) is 1. The van der Waals surface area contributed by atoms with Crippen molar-refractivity contribution in [3.8, 4) is 17.1 Å². The van der Waals surface area contributed by atoms with Gasteiger partial charge in [0, 0.05) is 30.6 Å². The van der Waals surface area contributed by atoms with E-state index in [-0.39, 0.29) is 47.2 Å². The van der Waals surface area contributed by atoms with Crippen molar-refractivity contribution in [1.82, 2.24) is 14.7 Å². The van der Waals surface area contributed by atoms with Crippen LogP contribution in [0.4, 0.5) is 5.82 Å². The number of ketones is 1. The number of hydrogen-bond donors (Lipinski definition) is 3. The second kappa shape index (κ2) is 8.81. The Balaban J connectivity index is 1.78. The topological polar surface area (TPSA) is 144 Å². The highest BCUT2D eigenvalue weighted by molar-refractivity contribution is 6.10. The van der Waals surface area contributed by atoms with Gasteiger partial charge < -0.3 is 25.0 Å². The van der Waals surface area contributed by atoms with Crippen molar-refractivity contribution >= 4 is 17.6 Å². The zero-order chi connectivity index (χ0) is 21.8. The van der Waals surface area contributed by atoms with Gasteiger partial charge in [-0.3, -0.25) is 4.79 Å². The lowest BCUT2D eigenvalue weighted by atomic mass is 10.0. The summed E-state index contributed by atoms with van der Waals surface area (Å²) in [5.74, 6) is -0.661. The number of aromatic carboxylic acids is 1. The molecule has 0 bridgehead atoms. The van der Waals surface area contributed by atoms with Gasteiger partial charge in [0.1, 0.15) is 11.6 Å². The van der Waals surface area contributed by atoms with Crippen LogP contribution in [-0.2, 0) is 13.0 Å². The number of aromatic nitrogens is 3. The first-order valence-electron chi connectivity index (χ1n) is 9.70. The largest absolute Gasteiger partial charge is 0.508 e. The molecule has 0 fully saturated rings. The number of carboxylic acid groups (broad SMARTS) is 1. The van der Waals surface area contributed by atoms with Crippen molar-refractivity contribution < 1.29 is 24.3 Å². The molecule has 0 amide bonds. The van der Waals surface area contributed by atoms with E-state index in [4.69, 9.17) is 10.3 Å². The van der Waals surface area contributed by atoms with Gasteiger partial charge in [0.2, 0.25) is 11.7 Å². The minimum Gasteiger partial charge on any atom is -0.508 e. The highest BCUT2D eigenvalue weighted by Gasteiger charge is 2.28. The number of carboxylic acids is 1. The number of carbonyl (C=O) groups excluding carboxylic acids is 1. The molecule has 0 unspecified atom stereocenters. The van der Waals surface area contributed by atoms with Crippen molar-refractivity contribution in [3.05, 3.63) is 47.0 Å². The Morgan fingerprint density at radius 1 is 1.20 bits per heavy atom. The van der Waals surface area contributed by atoms with E-state index in [9.17, 15) is 19.8 Å². The van der Waals surface area contributed by atoms with Crippen LogP contribution in [0, 0.1) is 6.92 Å². The van der Waals surface area contributed by atoms with Crippen molar-refractivity contribution in [3.63, 3.8) is 0 Å². The predicted molar refractivity (Wildman–Crippen MR) is 109 cm³/mol. The Hall–Kier alpha value is -3.62. The molecule has 0 saturated heterocycles. The fraction of sp³-hybridized carbons (Fsp3) is 0.333. The number of benzene rings is 1. The second-order valence-corrected chi connectivity index (χ2v) is 7.01. The van der Waals surface area contributed by atoms with Crippen LogP contribution < -0.4 is 5.73 Å². The lowest BCUT2D eigenvalue weighted by Crippen LogP contribution is -2.10. The number of aromatic hydroxyl groups is 1. The molecule has 4 N–H and O–H groups in total. The number of phenols is 1. The normalized spacial score (nSPS) is 11.0. The summed E-state index contributed by atoms with van der Waals surface area (Å²) in [5, 5.41) is 22.9. The van der Waals surface area contributed by atoms with Crippen LogP contribution in [0.25, 0.3) is 11.4 Å². The van der Waals surface area contributed by atoms with Crippen LogP contribution in [-0.4, -0.2) is 36.7 Å². The number of hydrogen-bond acceptors (Lipinski definition) is 7. The molecular weight excluding hydrogens is 388 g/mol. The zero-order valence-corrected chi connectivity index (χ0v) is 16.9. The van der Waals surface area contributed by atoms with E-state index in [1.165, 1.54) is 12.1 Å². The second-order valence-electron chi connectivity index (χ2n) is 7.01. The number of nitrogen functional groups attached to an aromatic ring is 1. The van der Waals surface area contributed by atoms with Gasteiger partial charge in [-0.25, -0.2) is 4.79 Å². The maximum Gasteiger partial charge on any atom is 0.338 e. The van der Waals surface area contributed by atoms with Crippen molar-refractivity contribution in [1.29, 1.82) is 0 Å². The fourth-order valence-electron chi connectivity index (χ4n) is 3.34. The number of aryl methyl sites for hydroxylation is 1. The zero-order valence-electron chi connectivity index (χ0n) is 16.9. The quantitative estimate of drug-likeness (QED) is 0.453. The van der Waals surface area contributed by atoms with Crippen LogP contribution in [0.15, 0.2) is 28.8 Å². The smallest absolute Gasteiger partial charge is 0.338 e. The van der Waals surface area contributed by atoms with E-state index in [2.05, 4.69) is 10.1 Å². The van der Waals surface area contributed by atoms with E-state index in [1.54, 1.807) is 23.6 Å². The van der Waals surface area contributed by atoms with Crippen molar-refractivity contribution in [2.75, 3.05) is 5.73 Å². The number of Topliss-reactive ketones (excluding diaryl/α,β-unsaturated/α-hetero) is 1. The van der Waals surface area contributed by atoms with Gasteiger partial charge in [-0.1, -0.05) is 18.5 Å². The third-order valence-electron chi connectivity index (χ3n) is 4.95. The number of phenolic OH excluding ortho intramolecular Hbond substituents is 1. The SMILES string of the molecule is CCCCn1c(C)c(C(=O)O)c(C(=O)CCc2nc(-c3ccc(O)cc3)no2)c1N. The van der Waals surface area contributed by atoms with E-state index in [0.717, 1.165) is 12.8 Å². The Bertz CT molecular complexity index is 1070. The lowest BCUT2D eigenvalue weighted by Gasteiger charge is -2.08. The third-order valence-corrected chi connectivity index (χ3v) is 4.95. The Morgan fingerprint density at radius 3 is 2.53 bits per heavy atom. The number of nitrogens with zero attached hydrogens (tertiary/aromatic N) is 3. The highest BCUT2D eigenvalue weighted by Crippen LogP contribution is 2.28. The highest BCUT2D eigenvalue weighted by atomic mass is 16.5. The molecule has 158 valence electrons. The molecule has 2 heterocycles. The molecule has 0 aliphatic heterocycles. The molecule has 0 atom stereocenters. The molecule has 9 heteroatoms. The van der Waals surface area contributed by atoms with Crippen molar-refractivity contribution in [2.45, 2.75) is 46.1 Å². The molecule has 3 aromatic rings. The monoisotopic (exact) mass is 412 g/mol. The maximum absolute atomic E-state index is 12.8. The van der Waals surface area contributed by atoms with E-state index >= 15 is 0 Å². The van der Waals surface area contributed by atoms with E-state index in [1.807, 2.05) is 6.92 Å². The summed E-state index contributed by atoms with van der Waals surface area (Å²) in [5.41, 5.74) is 7.28. The summed E-state index contributed by atoms with van der Waals surface area (Å²) in [6.45, 7) is 4.24. The summed E-state index contributed by atoms with van der Waals surface area (Å²) in [7, 11) is 0. The molecule has 0 aliphatic carbocycles. The first-order chi connectivity index (χ1) is 14.3. The van der Waals surface area contributed by atoms with Crippen LogP contribution in [0.2, 0.25) is 0 Å². The van der Waals surface area contributed by atoms with Gasteiger partial charge in [0.25, 0.3) is 0 Å². The molecule has 9 nitrogen and oxygen atoms in total. The predicted octanol–water partition coefficient (Wildman–Crippen LogP) is 3.45. The standard InChI is InChI=1S/C21H24N4O5/c1-3-4-11-25-12(2)17(21(28)29)18(19(25)22)15(27)9-10-16-23-20(24-30-16)13-5-7-14(26)8-6-13/h5-8,26H,3-4,9-11,22H2,1-2H3,(H,28,29). The van der Waals surface area contributed by atoms with Gasteiger partial charge in [-0.2, -0.15) is 4.98 Å². The third kappa shape index (κ3) is 4.19. The molecule has 2 aromatic heterocycles. The summed E-state index contributed by atoms with van der Waals surface area (Å²) in [4.78, 5) is 28.9. The number of unbranched alkanes of at least 4 members (excludes halogenated alkanes) is 1. The summed E-state index contributed by atoms with van der Waals surface area (Å²) in [6, 6.07) is 6.32. The summed E-state index contributed by atoms with van der Waals surface area (Å²) in [6.07, 6.45) is 1.89. The minimum absolute atomic E-state index is 0.0150. The molecule has 0 saturated carbocycles. The Kier molecular flexibility index (Phi) is 6.20. The van der Waals surface area contributed by atoms with Gasteiger partial charge in [-0.05, 0) is 37.6 Å². The van der Waals surface area contributed by atoms with E-state index < -0.39 is 5.97 Å². The van der Waals surface area contributed by atoms with Gasteiger partial charge in [-0.15, -0.1) is 0 Å². The molecule has 30 heavy (non-hydrogen) atoms. The van der Waals surface area contributed by atoms with Crippen molar-refractivity contribution in [2.24, 2.45) is 0 Å². The Labute approximate surface area is 173 Å². The van der Waals surface area contributed by atoms with E-state index in [0.29, 0.717) is 23.6 Å². The first kappa shape index (κ1) is 21.1. The number of carbonyl (C=O) groups is 2. The molecule has 0 radical (unpaired) electrons. The molecular formula is C21H24N4O5.